The van der Waals surface area contributed by atoms with Crippen LogP contribution in [0.3, 0.4) is 0 Å². The molecular weight excluding hydrogens is 547 g/mol. The second-order valence-electron chi connectivity index (χ2n) is 6.06. The second-order valence-corrected chi connectivity index (χ2v) is 7.79. The zero-order valence-electron chi connectivity index (χ0n) is 15.8. The molecule has 0 atom stereocenters. The van der Waals surface area contributed by atoms with Crippen LogP contribution < -0.4 is 5.32 Å². The first-order chi connectivity index (χ1) is 14.1. The van der Waals surface area contributed by atoms with Crippen molar-refractivity contribution in [1.29, 1.82) is 0 Å². The summed E-state index contributed by atoms with van der Waals surface area (Å²) in [6.07, 6.45) is 16.0. The molecule has 0 unspecified atom stereocenters. The van der Waals surface area contributed by atoms with Crippen molar-refractivity contribution in [2.45, 2.75) is 0 Å². The van der Waals surface area contributed by atoms with Gasteiger partial charge in [-0.05, 0) is 0 Å². The predicted molar refractivity (Wildman–Crippen MR) is 124 cm³/mol. The minimum Gasteiger partial charge on any atom is -0.214 e. The van der Waals surface area contributed by atoms with Crippen molar-refractivity contribution in [2.75, 3.05) is 0 Å². The normalized spacial score (nSPS) is 14.3. The van der Waals surface area contributed by atoms with E-state index in [9.17, 15) is 4.79 Å². The molecule has 1 N–H and O–H groups in total. The summed E-state index contributed by atoms with van der Waals surface area (Å²) in [4.78, 5) is 16.6. The maximum atomic E-state index is 12.2. The molecule has 6 heteroatoms. The van der Waals surface area contributed by atoms with Crippen LogP contribution in [0.5, 0.6) is 0 Å². The molecule has 0 bridgehead atoms. The molecule has 1 amide bonds. The van der Waals surface area contributed by atoms with E-state index in [1.54, 1.807) is 12.1 Å². The molecule has 4 rings (SSSR count). The summed E-state index contributed by atoms with van der Waals surface area (Å²) in [7, 11) is 0. The van der Waals surface area contributed by atoms with E-state index in [0.29, 0.717) is 10.3 Å². The molecule has 0 aromatic heterocycles. The van der Waals surface area contributed by atoms with Crippen molar-refractivity contribution in [3.63, 3.8) is 0 Å². The Morgan fingerprint density at radius 2 is 1.77 bits per heavy atom. The molecule has 151 valence electrons. The predicted octanol–water partition coefficient (Wildman–Crippen LogP) is 5.19. The molecule has 0 saturated heterocycles. The number of amidine groups is 1. The second kappa shape index (κ2) is 12.5. The van der Waals surface area contributed by atoms with Gasteiger partial charge in [-0.1, -0.05) is 0 Å². The van der Waals surface area contributed by atoms with Gasteiger partial charge < -0.3 is 0 Å². The Morgan fingerprint density at radius 1 is 1.03 bits per heavy atom. The number of amides is 1. The van der Waals surface area contributed by atoms with Crippen LogP contribution in [0.25, 0.3) is 0 Å². The van der Waals surface area contributed by atoms with Crippen LogP contribution in [0.2, 0.25) is 0 Å². The van der Waals surface area contributed by atoms with Crippen molar-refractivity contribution in [3.8, 4) is 0 Å². The first-order valence-electron chi connectivity index (χ1n) is 8.93. The van der Waals surface area contributed by atoms with Crippen molar-refractivity contribution < 1.29 is 21.9 Å². The Bertz CT molecular complexity index is 1020. The van der Waals surface area contributed by atoms with Gasteiger partial charge in [0.05, 0.1) is 0 Å². The monoisotopic (exact) mass is 565 g/mol. The van der Waals surface area contributed by atoms with Gasteiger partial charge in [0, 0.05) is 0 Å². The first-order valence-corrected chi connectivity index (χ1v) is 10.6. The number of carbonyl (C=O) groups is 1. The van der Waals surface area contributed by atoms with E-state index in [-0.39, 0.29) is 23.0 Å². The Balaban J connectivity index is 0.000000468. The third-order valence-corrected chi connectivity index (χ3v) is 4.86. The quantitative estimate of drug-likeness (QED) is 0.232. The van der Waals surface area contributed by atoms with Gasteiger partial charge in [-0.25, -0.2) is 12.1 Å². The summed E-state index contributed by atoms with van der Waals surface area (Å²) >= 11 is 6.14. The van der Waals surface area contributed by atoms with Gasteiger partial charge in [0.25, 0.3) is 0 Å². The summed E-state index contributed by atoms with van der Waals surface area (Å²) in [6.45, 7) is 0. The Hall–Kier alpha value is -2.20. The summed E-state index contributed by atoms with van der Waals surface area (Å²) < 4.78 is 1.29. The van der Waals surface area contributed by atoms with Gasteiger partial charge in [0.2, 0.25) is 0 Å². The van der Waals surface area contributed by atoms with Crippen LogP contribution in [-0.4, -0.2) is 26.7 Å². The Kier molecular flexibility index (Phi) is 10.0. The van der Waals surface area contributed by atoms with E-state index >= 15 is 0 Å². The molecular formula is C24H18BrFeN2OSe. The number of benzene rings is 1. The van der Waals surface area contributed by atoms with Gasteiger partial charge >= 0.3 is 175 Å². The third kappa shape index (κ3) is 7.56. The smallest absolute Gasteiger partial charge is 0.214 e. The average Bonchev–Trinajstić information content (AvgIpc) is 3.45. The Labute approximate surface area is 204 Å². The van der Waals surface area contributed by atoms with E-state index in [0.717, 1.165) is 15.7 Å². The zero-order chi connectivity index (χ0) is 20.5. The maximum Gasteiger partial charge on any atom is 2.00 e. The number of hydrogen-bond donors (Lipinski definition) is 1. The number of hydrogen-bond acceptors (Lipinski definition) is 2. The molecule has 0 heterocycles. The standard InChI is InChI=1S/C19H13BrN2OSe.C5H5.Fe/c20-16-7-3-6-15(12-16)18(23)22-19(24)21-17-10-8-14(9-11-17)13-4-1-2-5-13;1-2-4-5-3-1;/h1-12H,(H,21,22,23);1-5H;/q2*-1;+2. The largest absolute Gasteiger partial charge is 2.00 e. The maximum absolute atomic E-state index is 12.2. The fourth-order valence-electron chi connectivity index (χ4n) is 2.56. The fraction of sp³-hybridized carbons (Fsp3) is 0. The van der Waals surface area contributed by atoms with Gasteiger partial charge in [-0.15, -0.1) is 0 Å². The number of carbonyl (C=O) groups excluding carboxylic acids is 1. The molecule has 0 fully saturated rings. The van der Waals surface area contributed by atoms with Crippen LogP contribution >= 0.6 is 15.9 Å². The molecule has 0 aliphatic heterocycles. The number of aliphatic imine (C=N–C) groups is 1. The van der Waals surface area contributed by atoms with Crippen molar-refractivity contribution >= 4 is 42.6 Å². The van der Waals surface area contributed by atoms with Gasteiger partial charge in [-0.3, -0.25) is 0 Å². The summed E-state index contributed by atoms with van der Waals surface area (Å²) in [5.74, 6) is -0.206. The van der Waals surface area contributed by atoms with Gasteiger partial charge in [0.1, 0.15) is 0 Å². The van der Waals surface area contributed by atoms with E-state index in [1.807, 2.05) is 79.3 Å². The van der Waals surface area contributed by atoms with E-state index in [1.165, 1.54) is 5.57 Å². The molecule has 1 radical (unpaired) electrons. The molecule has 2 aliphatic rings. The summed E-state index contributed by atoms with van der Waals surface area (Å²) in [5.41, 5.74) is 3.66. The van der Waals surface area contributed by atoms with Gasteiger partial charge in [0.15, 0.2) is 0 Å². The molecule has 0 spiro atoms. The van der Waals surface area contributed by atoms with E-state index in [2.05, 4.69) is 54.4 Å². The van der Waals surface area contributed by atoms with Crippen LogP contribution in [0, 0.1) is 6.42 Å². The number of allylic oxidation sites excluding steroid dienone is 9. The zero-order valence-corrected chi connectivity index (χ0v) is 20.2. The van der Waals surface area contributed by atoms with Crippen LogP contribution in [-0.2, 0) is 17.1 Å². The molecule has 2 aliphatic carbocycles. The SMILES string of the molecule is O=C(NC([Se])=NC1=C[CH-]C(=C2C=CC=C2)C=C1)c1cccc(Br)c1.[Fe+2].c1cc[cH-]c1. The summed E-state index contributed by atoms with van der Waals surface area (Å²) in [6, 6.07) is 17.2. The number of halogens is 1. The molecule has 2 aromatic carbocycles. The van der Waals surface area contributed by atoms with Crippen molar-refractivity contribution in [3.05, 3.63) is 130 Å². The third-order valence-electron chi connectivity index (χ3n) is 3.96. The van der Waals surface area contributed by atoms with Crippen LogP contribution in [0.15, 0.2) is 123 Å². The average molecular weight is 565 g/mol. The number of nitrogens with one attached hydrogen (secondary N) is 1. The van der Waals surface area contributed by atoms with Crippen LogP contribution in [0.1, 0.15) is 10.4 Å². The summed E-state index contributed by atoms with van der Waals surface area (Å²) in [5, 5.41) is 2.75. The minimum atomic E-state index is -0.206. The van der Waals surface area contributed by atoms with Crippen molar-refractivity contribution in [2.24, 2.45) is 4.99 Å². The van der Waals surface area contributed by atoms with Crippen LogP contribution in [0.4, 0.5) is 0 Å². The molecule has 0 saturated carbocycles. The minimum absolute atomic E-state index is 0. The molecule has 2 aromatic rings. The topological polar surface area (TPSA) is 41.5 Å². The van der Waals surface area contributed by atoms with E-state index in [4.69, 9.17) is 0 Å². The number of rotatable bonds is 2. The van der Waals surface area contributed by atoms with Crippen molar-refractivity contribution in [1.82, 2.24) is 5.32 Å². The van der Waals surface area contributed by atoms with Gasteiger partial charge in [-0.2, -0.15) is 18.2 Å². The first kappa shape index (κ1) is 24.1. The molecule has 30 heavy (non-hydrogen) atoms. The fourth-order valence-corrected chi connectivity index (χ4v) is 3.37. The number of nitrogens with zero attached hydrogens (tertiary/aromatic N) is 1. The van der Waals surface area contributed by atoms with E-state index < -0.39 is 0 Å². The Morgan fingerprint density at radius 3 is 2.33 bits per heavy atom. The molecule has 3 nitrogen and oxygen atoms in total.